The number of hydrogen-bond donors (Lipinski definition) is 1. The highest BCUT2D eigenvalue weighted by Crippen LogP contribution is 2.36. The van der Waals surface area contributed by atoms with Crippen molar-refractivity contribution < 1.29 is 35.9 Å². The van der Waals surface area contributed by atoms with Crippen molar-refractivity contribution in [1.29, 1.82) is 0 Å². The summed E-state index contributed by atoms with van der Waals surface area (Å²) in [7, 11) is 1.46. The van der Waals surface area contributed by atoms with Crippen LogP contribution in [0.15, 0.2) is 36.4 Å². The Bertz CT molecular complexity index is 1010. The van der Waals surface area contributed by atoms with Gasteiger partial charge in [0, 0.05) is 5.56 Å². The number of ether oxygens (including phenoxy) is 1. The average Bonchev–Trinajstić information content (AvgIpc) is 3.00. The second kappa shape index (κ2) is 6.97. The molecule has 0 bridgehead atoms. The number of carbonyl (C=O) groups excluding carboxylic acids is 1. The lowest BCUT2D eigenvalue weighted by Crippen LogP contribution is -2.17. The Kier molecular flexibility index (Phi) is 4.96. The number of benzene rings is 2. The van der Waals surface area contributed by atoms with Crippen LogP contribution < -0.4 is 10.1 Å². The highest BCUT2D eigenvalue weighted by atomic mass is 32.1. The first-order valence-electron chi connectivity index (χ1n) is 7.53. The molecule has 4 nitrogen and oxygen atoms in total. The SMILES string of the molecule is COc1ccc2nc(NC(=O)c3cc(C(F)(F)F)cc(C(F)(F)F)c3)sc2c1. The van der Waals surface area contributed by atoms with Crippen LogP contribution in [0.3, 0.4) is 0 Å². The molecule has 28 heavy (non-hydrogen) atoms. The maximum atomic E-state index is 12.9. The zero-order chi connectivity index (χ0) is 20.7. The normalized spacial score (nSPS) is 12.2. The molecule has 3 rings (SSSR count). The number of thiazole rings is 1. The number of rotatable bonds is 3. The van der Waals surface area contributed by atoms with Crippen LogP contribution in [0.25, 0.3) is 10.2 Å². The third-order valence-corrected chi connectivity index (χ3v) is 4.60. The van der Waals surface area contributed by atoms with Gasteiger partial charge >= 0.3 is 12.4 Å². The monoisotopic (exact) mass is 420 g/mol. The van der Waals surface area contributed by atoms with Crippen molar-refractivity contribution in [2.75, 3.05) is 12.4 Å². The summed E-state index contributed by atoms with van der Waals surface area (Å²) in [4.78, 5) is 16.4. The van der Waals surface area contributed by atoms with Gasteiger partial charge in [-0.15, -0.1) is 0 Å². The standard InChI is InChI=1S/C17H10F6N2O2S/c1-27-11-2-3-12-13(7-11)28-15(24-12)25-14(26)8-4-9(16(18,19)20)6-10(5-8)17(21,22)23/h2-7H,1H3,(H,24,25,26). The van der Waals surface area contributed by atoms with Crippen LogP contribution >= 0.6 is 11.3 Å². The number of halogens is 6. The summed E-state index contributed by atoms with van der Waals surface area (Å²) in [6.45, 7) is 0. The molecule has 2 aromatic carbocycles. The predicted octanol–water partition coefficient (Wildman–Crippen LogP) is 5.59. The summed E-state index contributed by atoms with van der Waals surface area (Å²) in [6, 6.07) is 5.54. The van der Waals surface area contributed by atoms with Crippen LogP contribution in [0.2, 0.25) is 0 Å². The molecule has 1 amide bonds. The van der Waals surface area contributed by atoms with Crippen LogP contribution in [0, 0.1) is 0 Å². The number of nitrogens with one attached hydrogen (secondary N) is 1. The number of fused-ring (bicyclic) bond motifs is 1. The van der Waals surface area contributed by atoms with Crippen LogP contribution in [-0.4, -0.2) is 18.0 Å². The van der Waals surface area contributed by atoms with Gasteiger partial charge in [0.15, 0.2) is 5.13 Å². The predicted molar refractivity (Wildman–Crippen MR) is 90.6 cm³/mol. The molecule has 0 aliphatic carbocycles. The molecule has 0 saturated heterocycles. The minimum atomic E-state index is -5.04. The minimum absolute atomic E-state index is 0.0271. The van der Waals surface area contributed by atoms with Gasteiger partial charge in [-0.3, -0.25) is 10.1 Å². The molecule has 1 heterocycles. The van der Waals surface area contributed by atoms with E-state index in [1.165, 1.54) is 7.11 Å². The largest absolute Gasteiger partial charge is 0.497 e. The number of anilines is 1. The lowest BCUT2D eigenvalue weighted by atomic mass is 10.0. The van der Waals surface area contributed by atoms with Gasteiger partial charge < -0.3 is 4.74 Å². The molecule has 11 heteroatoms. The highest BCUT2D eigenvalue weighted by Gasteiger charge is 2.37. The first-order chi connectivity index (χ1) is 13.0. The van der Waals surface area contributed by atoms with E-state index in [1.807, 2.05) is 0 Å². The molecule has 0 saturated carbocycles. The molecule has 0 aliphatic rings. The Labute approximate surface area is 157 Å². The van der Waals surface area contributed by atoms with Crippen molar-refractivity contribution >= 4 is 32.6 Å². The number of alkyl halides is 6. The van der Waals surface area contributed by atoms with E-state index in [1.54, 1.807) is 18.2 Å². The summed E-state index contributed by atoms with van der Waals surface area (Å²) in [5, 5.41) is 2.26. The van der Waals surface area contributed by atoms with Crippen LogP contribution in [0.5, 0.6) is 5.75 Å². The van der Waals surface area contributed by atoms with E-state index in [2.05, 4.69) is 10.3 Å². The molecule has 3 aromatic rings. The molecule has 1 N–H and O–H groups in total. The Morgan fingerprint density at radius 1 is 1.00 bits per heavy atom. The van der Waals surface area contributed by atoms with E-state index in [4.69, 9.17) is 4.74 Å². The van der Waals surface area contributed by atoms with E-state index in [-0.39, 0.29) is 11.2 Å². The molecule has 0 fully saturated rings. The fourth-order valence-electron chi connectivity index (χ4n) is 2.34. The number of hydrogen-bond acceptors (Lipinski definition) is 4. The van der Waals surface area contributed by atoms with E-state index in [9.17, 15) is 31.1 Å². The van der Waals surface area contributed by atoms with Gasteiger partial charge in [-0.2, -0.15) is 26.3 Å². The smallest absolute Gasteiger partial charge is 0.416 e. The third-order valence-electron chi connectivity index (χ3n) is 3.67. The summed E-state index contributed by atoms with van der Waals surface area (Å²) in [5.74, 6) is -0.607. The van der Waals surface area contributed by atoms with Crippen molar-refractivity contribution in [3.63, 3.8) is 0 Å². The molecule has 0 radical (unpaired) electrons. The maximum absolute atomic E-state index is 12.9. The summed E-state index contributed by atoms with van der Waals surface area (Å²) in [5.41, 5.74) is -3.43. The quantitative estimate of drug-likeness (QED) is 0.562. The molecule has 148 valence electrons. The minimum Gasteiger partial charge on any atom is -0.497 e. The van der Waals surface area contributed by atoms with Gasteiger partial charge in [-0.1, -0.05) is 11.3 Å². The number of amides is 1. The van der Waals surface area contributed by atoms with Crippen molar-refractivity contribution in [3.05, 3.63) is 53.1 Å². The fraction of sp³-hybridized carbons (Fsp3) is 0.176. The van der Waals surface area contributed by atoms with Crippen LogP contribution in [0.1, 0.15) is 21.5 Å². The first-order valence-corrected chi connectivity index (χ1v) is 8.34. The lowest BCUT2D eigenvalue weighted by molar-refractivity contribution is -0.143. The zero-order valence-electron chi connectivity index (χ0n) is 13.9. The lowest BCUT2D eigenvalue weighted by Gasteiger charge is -2.13. The van der Waals surface area contributed by atoms with Crippen molar-refractivity contribution in [2.45, 2.75) is 12.4 Å². The van der Waals surface area contributed by atoms with Crippen molar-refractivity contribution in [3.8, 4) is 5.75 Å². The van der Waals surface area contributed by atoms with Crippen LogP contribution in [-0.2, 0) is 12.4 Å². The highest BCUT2D eigenvalue weighted by molar-refractivity contribution is 7.22. The Morgan fingerprint density at radius 2 is 1.61 bits per heavy atom. The molecule has 1 aromatic heterocycles. The van der Waals surface area contributed by atoms with Gasteiger partial charge in [0.05, 0.1) is 28.5 Å². The third kappa shape index (κ3) is 4.19. The van der Waals surface area contributed by atoms with E-state index in [0.29, 0.717) is 28.1 Å². The average molecular weight is 420 g/mol. The Hall–Kier alpha value is -2.82. The molecule has 0 atom stereocenters. The topological polar surface area (TPSA) is 51.2 Å². The van der Waals surface area contributed by atoms with Crippen molar-refractivity contribution in [2.24, 2.45) is 0 Å². The van der Waals surface area contributed by atoms with E-state index < -0.39 is 35.0 Å². The van der Waals surface area contributed by atoms with Gasteiger partial charge in [0.25, 0.3) is 5.91 Å². The number of carbonyl (C=O) groups is 1. The van der Waals surface area contributed by atoms with Crippen molar-refractivity contribution in [1.82, 2.24) is 4.98 Å². The molecular formula is C17H10F6N2O2S. The summed E-state index contributed by atoms with van der Waals surface area (Å²) in [6.07, 6.45) is -10.1. The number of aromatic nitrogens is 1. The second-order valence-electron chi connectivity index (χ2n) is 5.60. The zero-order valence-corrected chi connectivity index (χ0v) is 14.7. The molecule has 0 spiro atoms. The van der Waals surface area contributed by atoms with Crippen LogP contribution in [0.4, 0.5) is 31.5 Å². The first kappa shape index (κ1) is 19.9. The van der Waals surface area contributed by atoms with E-state index in [0.717, 1.165) is 11.3 Å². The summed E-state index contributed by atoms with van der Waals surface area (Å²) < 4.78 is 83.2. The second-order valence-corrected chi connectivity index (χ2v) is 6.63. The van der Waals surface area contributed by atoms with Gasteiger partial charge in [0.2, 0.25) is 0 Å². The molecule has 0 aliphatic heterocycles. The van der Waals surface area contributed by atoms with Gasteiger partial charge in [-0.25, -0.2) is 4.98 Å². The maximum Gasteiger partial charge on any atom is 0.416 e. The van der Waals surface area contributed by atoms with Gasteiger partial charge in [0.1, 0.15) is 5.75 Å². The number of methoxy groups -OCH3 is 1. The number of nitrogens with zero attached hydrogens (tertiary/aromatic N) is 1. The fourth-order valence-corrected chi connectivity index (χ4v) is 3.23. The summed E-state index contributed by atoms with van der Waals surface area (Å²) >= 11 is 1.00. The Morgan fingerprint density at radius 3 is 2.14 bits per heavy atom. The molecular weight excluding hydrogens is 410 g/mol. The Balaban J connectivity index is 1.95. The van der Waals surface area contributed by atoms with E-state index >= 15 is 0 Å². The van der Waals surface area contributed by atoms with Gasteiger partial charge in [-0.05, 0) is 36.4 Å². The molecule has 0 unspecified atom stereocenters.